The number of halogens is 1. The summed E-state index contributed by atoms with van der Waals surface area (Å²) >= 11 is 0. The first-order chi connectivity index (χ1) is 5.52. The molecule has 0 saturated heterocycles. The van der Waals surface area contributed by atoms with Crippen molar-refractivity contribution in [1.29, 1.82) is 0 Å². The van der Waals surface area contributed by atoms with E-state index in [0.717, 1.165) is 0 Å². The predicted molar refractivity (Wildman–Crippen MR) is 40.3 cm³/mol. The Bertz CT molecular complexity index is 338. The topological polar surface area (TPSA) is 56.0 Å². The van der Waals surface area contributed by atoms with E-state index >= 15 is 0 Å². The molecule has 0 aliphatic rings. The van der Waals surface area contributed by atoms with Gasteiger partial charge in [-0.2, -0.15) is 4.39 Å². The fraction of sp³-hybridized carbons (Fsp3) is 0.286. The van der Waals surface area contributed by atoms with Crippen LogP contribution in [0.15, 0.2) is 6.07 Å². The van der Waals surface area contributed by atoms with Crippen molar-refractivity contribution in [2.45, 2.75) is 13.8 Å². The third kappa shape index (κ3) is 1.39. The van der Waals surface area contributed by atoms with Crippen molar-refractivity contribution in [3.05, 3.63) is 33.4 Å². The maximum Gasteiger partial charge on any atom is 0.290 e. The number of nitrogens with zero attached hydrogens (tertiary/aromatic N) is 2. The second kappa shape index (κ2) is 2.84. The average Bonchev–Trinajstić information content (AvgIpc) is 1.96. The third-order valence-corrected chi connectivity index (χ3v) is 1.51. The zero-order valence-corrected chi connectivity index (χ0v) is 6.67. The molecule has 0 saturated carbocycles. The van der Waals surface area contributed by atoms with Gasteiger partial charge in [-0.15, -0.1) is 0 Å². The Balaban J connectivity index is 3.33. The minimum absolute atomic E-state index is 0.100. The second-order valence-electron chi connectivity index (χ2n) is 2.46. The van der Waals surface area contributed by atoms with Crippen LogP contribution in [-0.2, 0) is 0 Å². The molecule has 1 heterocycles. The quantitative estimate of drug-likeness (QED) is 0.366. The largest absolute Gasteiger partial charge is 0.290 e. The van der Waals surface area contributed by atoms with Gasteiger partial charge in [-0.3, -0.25) is 10.1 Å². The molecule has 4 nitrogen and oxygen atoms in total. The van der Waals surface area contributed by atoms with Gasteiger partial charge in [0.2, 0.25) is 5.95 Å². The Morgan fingerprint density at radius 2 is 2.17 bits per heavy atom. The number of pyridine rings is 1. The van der Waals surface area contributed by atoms with Crippen LogP contribution in [0.4, 0.5) is 10.1 Å². The minimum atomic E-state index is -0.655. The molecule has 0 radical (unpaired) electrons. The van der Waals surface area contributed by atoms with Gasteiger partial charge in [0.05, 0.1) is 4.92 Å². The first-order valence-electron chi connectivity index (χ1n) is 3.30. The predicted octanol–water partition coefficient (Wildman–Crippen LogP) is 1.75. The molecule has 1 aromatic heterocycles. The molecule has 0 amide bonds. The van der Waals surface area contributed by atoms with Crippen LogP contribution in [0.2, 0.25) is 0 Å². The van der Waals surface area contributed by atoms with Crippen LogP contribution < -0.4 is 0 Å². The SMILES string of the molecule is Cc1cc([N+](=O)[O-])c(C)nc1F. The van der Waals surface area contributed by atoms with E-state index in [1.807, 2.05) is 0 Å². The molecule has 12 heavy (non-hydrogen) atoms. The molecule has 0 spiro atoms. The lowest BCUT2D eigenvalue weighted by atomic mass is 10.2. The van der Waals surface area contributed by atoms with Crippen molar-refractivity contribution in [2.24, 2.45) is 0 Å². The number of rotatable bonds is 1. The molecule has 1 aromatic rings. The van der Waals surface area contributed by atoms with Crippen LogP contribution >= 0.6 is 0 Å². The highest BCUT2D eigenvalue weighted by molar-refractivity contribution is 5.37. The van der Waals surface area contributed by atoms with Crippen LogP contribution in [0.25, 0.3) is 0 Å². The highest BCUT2D eigenvalue weighted by Gasteiger charge is 2.14. The lowest BCUT2D eigenvalue weighted by Gasteiger charge is -1.98. The van der Waals surface area contributed by atoms with Crippen LogP contribution in [-0.4, -0.2) is 9.91 Å². The number of aromatic nitrogens is 1. The van der Waals surface area contributed by atoms with E-state index in [4.69, 9.17) is 0 Å². The van der Waals surface area contributed by atoms with Crippen molar-refractivity contribution in [1.82, 2.24) is 4.98 Å². The molecule has 0 bridgehead atoms. The average molecular weight is 170 g/mol. The number of hydrogen-bond acceptors (Lipinski definition) is 3. The number of aryl methyl sites for hydroxylation is 2. The zero-order valence-electron chi connectivity index (χ0n) is 6.67. The third-order valence-electron chi connectivity index (χ3n) is 1.51. The van der Waals surface area contributed by atoms with E-state index in [1.54, 1.807) is 0 Å². The van der Waals surface area contributed by atoms with E-state index in [1.165, 1.54) is 19.9 Å². The Labute approximate surface area is 68.2 Å². The molecule has 0 aliphatic carbocycles. The first-order valence-corrected chi connectivity index (χ1v) is 3.30. The van der Waals surface area contributed by atoms with Gasteiger partial charge in [-0.25, -0.2) is 4.98 Å². The summed E-state index contributed by atoms with van der Waals surface area (Å²) in [5.74, 6) is -0.655. The summed E-state index contributed by atoms with van der Waals surface area (Å²) in [5.41, 5.74) is 0.143. The van der Waals surface area contributed by atoms with Gasteiger partial charge in [0, 0.05) is 11.6 Å². The minimum Gasteiger partial charge on any atom is -0.258 e. The van der Waals surface area contributed by atoms with Gasteiger partial charge in [0.15, 0.2) is 0 Å². The molecule has 64 valence electrons. The fourth-order valence-corrected chi connectivity index (χ4v) is 0.847. The Morgan fingerprint density at radius 3 is 2.67 bits per heavy atom. The summed E-state index contributed by atoms with van der Waals surface area (Å²) in [5, 5.41) is 10.3. The van der Waals surface area contributed by atoms with E-state index in [9.17, 15) is 14.5 Å². The molecular weight excluding hydrogens is 163 g/mol. The molecule has 1 rings (SSSR count). The van der Waals surface area contributed by atoms with Crippen molar-refractivity contribution in [2.75, 3.05) is 0 Å². The van der Waals surface area contributed by atoms with E-state index < -0.39 is 10.9 Å². The molecule has 0 atom stereocenters. The van der Waals surface area contributed by atoms with Crippen molar-refractivity contribution >= 4 is 5.69 Å². The van der Waals surface area contributed by atoms with Crippen molar-refractivity contribution < 1.29 is 9.31 Å². The first kappa shape index (κ1) is 8.58. The van der Waals surface area contributed by atoms with Gasteiger partial charge in [0.1, 0.15) is 5.69 Å². The van der Waals surface area contributed by atoms with Crippen molar-refractivity contribution in [3.8, 4) is 0 Å². The molecular formula is C7H7FN2O2. The van der Waals surface area contributed by atoms with Crippen LogP contribution in [0.5, 0.6) is 0 Å². The Morgan fingerprint density at radius 1 is 1.58 bits per heavy atom. The van der Waals surface area contributed by atoms with Gasteiger partial charge in [-0.05, 0) is 13.8 Å². The summed E-state index contributed by atoms with van der Waals surface area (Å²) in [7, 11) is 0. The molecule has 0 aliphatic heterocycles. The molecule has 0 aromatic carbocycles. The van der Waals surface area contributed by atoms with E-state index in [0.29, 0.717) is 0 Å². The van der Waals surface area contributed by atoms with Crippen LogP contribution in [0.1, 0.15) is 11.3 Å². The molecule has 0 fully saturated rings. The standard InChI is InChI=1S/C7H7FN2O2/c1-4-3-6(10(11)12)5(2)9-7(4)8/h3H,1-2H3. The van der Waals surface area contributed by atoms with Crippen LogP contribution in [0, 0.1) is 29.9 Å². The highest BCUT2D eigenvalue weighted by atomic mass is 19.1. The molecule has 0 unspecified atom stereocenters. The lowest BCUT2D eigenvalue weighted by molar-refractivity contribution is -0.385. The summed E-state index contributed by atoms with van der Waals surface area (Å²) in [6.45, 7) is 2.84. The van der Waals surface area contributed by atoms with Crippen molar-refractivity contribution in [3.63, 3.8) is 0 Å². The maximum atomic E-state index is 12.7. The maximum absolute atomic E-state index is 12.7. The summed E-state index contributed by atoms with van der Waals surface area (Å²) in [4.78, 5) is 13.1. The summed E-state index contributed by atoms with van der Waals surface area (Å²) in [6, 6.07) is 1.18. The lowest BCUT2D eigenvalue weighted by Crippen LogP contribution is -1.98. The number of hydrogen-bond donors (Lipinski definition) is 0. The molecule has 0 N–H and O–H groups in total. The summed E-state index contributed by atoms with van der Waals surface area (Å²) < 4.78 is 12.7. The monoisotopic (exact) mass is 170 g/mol. The summed E-state index contributed by atoms with van der Waals surface area (Å²) in [6.07, 6.45) is 0. The highest BCUT2D eigenvalue weighted by Crippen LogP contribution is 2.17. The van der Waals surface area contributed by atoms with Gasteiger partial charge >= 0.3 is 0 Å². The zero-order chi connectivity index (χ0) is 9.30. The normalized spacial score (nSPS) is 9.92. The van der Waals surface area contributed by atoms with E-state index in [-0.39, 0.29) is 16.9 Å². The van der Waals surface area contributed by atoms with Crippen LogP contribution in [0.3, 0.4) is 0 Å². The smallest absolute Gasteiger partial charge is 0.258 e. The van der Waals surface area contributed by atoms with Gasteiger partial charge in [0.25, 0.3) is 5.69 Å². The Hall–Kier alpha value is -1.52. The Kier molecular flexibility index (Phi) is 2.03. The van der Waals surface area contributed by atoms with Gasteiger partial charge < -0.3 is 0 Å². The fourth-order valence-electron chi connectivity index (χ4n) is 0.847. The van der Waals surface area contributed by atoms with E-state index in [2.05, 4.69) is 4.98 Å². The second-order valence-corrected chi connectivity index (χ2v) is 2.46. The van der Waals surface area contributed by atoms with Gasteiger partial charge in [-0.1, -0.05) is 0 Å². The molecule has 5 heteroatoms. The number of nitro groups is 1.